The van der Waals surface area contributed by atoms with Crippen molar-refractivity contribution in [3.63, 3.8) is 0 Å². The molecule has 0 amide bonds. The van der Waals surface area contributed by atoms with E-state index < -0.39 is 0 Å². The fraction of sp³-hybridized carbons (Fsp3) is 0.300. The van der Waals surface area contributed by atoms with Crippen molar-refractivity contribution >= 4 is 0 Å². The van der Waals surface area contributed by atoms with Crippen molar-refractivity contribution in [2.75, 3.05) is 0 Å². The maximum absolute atomic E-state index is 2.26. The smallest absolute Gasteiger partial charge is 0.00976 e. The maximum Gasteiger partial charge on any atom is -0.00976 e. The van der Waals surface area contributed by atoms with E-state index >= 15 is 0 Å². The lowest BCUT2D eigenvalue weighted by atomic mass is 10.00. The van der Waals surface area contributed by atoms with E-state index in [9.17, 15) is 0 Å². The summed E-state index contributed by atoms with van der Waals surface area (Å²) < 4.78 is 0. The van der Waals surface area contributed by atoms with Gasteiger partial charge in [-0.2, -0.15) is 0 Å². The molecule has 0 aliphatic carbocycles. The molecule has 0 nitrogen and oxygen atoms in total. The summed E-state index contributed by atoms with van der Waals surface area (Å²) in [5.41, 5.74) is 5.42. The zero-order chi connectivity index (χ0) is 14.2. The van der Waals surface area contributed by atoms with Gasteiger partial charge in [0.25, 0.3) is 0 Å². The molecule has 0 aliphatic heterocycles. The van der Waals surface area contributed by atoms with Gasteiger partial charge in [0.15, 0.2) is 0 Å². The van der Waals surface area contributed by atoms with Crippen LogP contribution < -0.4 is 0 Å². The van der Waals surface area contributed by atoms with Gasteiger partial charge in [-0.1, -0.05) is 74.0 Å². The molecule has 0 N–H and O–H groups in total. The minimum Gasteiger partial charge on any atom is -0.0913 e. The molecule has 0 atom stereocenters. The van der Waals surface area contributed by atoms with E-state index in [2.05, 4.69) is 74.5 Å². The first-order chi connectivity index (χ1) is 9.83. The Bertz CT molecular complexity index is 529. The van der Waals surface area contributed by atoms with Gasteiger partial charge in [-0.3, -0.25) is 0 Å². The van der Waals surface area contributed by atoms with Gasteiger partial charge in [0.05, 0.1) is 0 Å². The van der Waals surface area contributed by atoms with Crippen LogP contribution in [0, 0.1) is 0 Å². The zero-order valence-electron chi connectivity index (χ0n) is 12.6. The highest BCUT2D eigenvalue weighted by molar-refractivity contribution is 5.64. The van der Waals surface area contributed by atoms with Crippen molar-refractivity contribution in [3.8, 4) is 11.1 Å². The molecule has 0 aliphatic rings. The summed E-state index contributed by atoms with van der Waals surface area (Å²) in [5, 5.41) is 0. The Kier molecular flexibility index (Phi) is 5.61. The molecule has 0 bridgehead atoms. The van der Waals surface area contributed by atoms with Gasteiger partial charge in [0.2, 0.25) is 0 Å². The topological polar surface area (TPSA) is 0 Å². The van der Waals surface area contributed by atoms with Crippen molar-refractivity contribution in [2.24, 2.45) is 0 Å². The molecule has 0 saturated carbocycles. The number of aryl methyl sites for hydroxylation is 1. The van der Waals surface area contributed by atoms with E-state index in [1.807, 2.05) is 0 Å². The van der Waals surface area contributed by atoms with Crippen molar-refractivity contribution in [1.82, 2.24) is 0 Å². The Hall–Kier alpha value is -1.82. The third-order valence-electron chi connectivity index (χ3n) is 3.65. The first kappa shape index (κ1) is 14.6. The van der Waals surface area contributed by atoms with Crippen LogP contribution in [0.4, 0.5) is 0 Å². The Balaban J connectivity index is 2.07. The molecule has 0 unspecified atom stereocenters. The second-order valence-corrected chi connectivity index (χ2v) is 5.27. The predicted octanol–water partition coefficient (Wildman–Crippen LogP) is 5.81. The molecular formula is C20H24. The fourth-order valence-corrected chi connectivity index (χ4v) is 2.33. The average Bonchev–Trinajstić information content (AvgIpc) is 2.52. The highest BCUT2D eigenvalue weighted by Gasteiger charge is 1.99. The molecule has 104 valence electrons. The maximum atomic E-state index is 2.26. The zero-order valence-corrected chi connectivity index (χ0v) is 12.6. The van der Waals surface area contributed by atoms with E-state index in [-0.39, 0.29) is 0 Å². The van der Waals surface area contributed by atoms with Crippen molar-refractivity contribution in [1.29, 1.82) is 0 Å². The number of hydrogen-bond acceptors (Lipinski definition) is 0. The van der Waals surface area contributed by atoms with E-state index in [4.69, 9.17) is 0 Å². The monoisotopic (exact) mass is 264 g/mol. The molecule has 0 aromatic heterocycles. The summed E-state index contributed by atoms with van der Waals surface area (Å²) in [6.07, 6.45) is 9.04. The lowest BCUT2D eigenvalue weighted by Gasteiger charge is -2.05. The molecule has 0 heteroatoms. The highest BCUT2D eigenvalue weighted by atomic mass is 14.0. The van der Waals surface area contributed by atoms with E-state index in [1.165, 1.54) is 41.5 Å². The van der Waals surface area contributed by atoms with Crippen LogP contribution in [-0.2, 0) is 12.8 Å². The summed E-state index contributed by atoms with van der Waals surface area (Å²) in [6.45, 7) is 4.30. The van der Waals surface area contributed by atoms with Gasteiger partial charge in [-0.15, -0.1) is 0 Å². The predicted molar refractivity (Wildman–Crippen MR) is 89.0 cm³/mol. The van der Waals surface area contributed by atoms with Gasteiger partial charge >= 0.3 is 0 Å². The van der Waals surface area contributed by atoms with E-state index in [0.29, 0.717) is 0 Å². The molecule has 2 aromatic carbocycles. The summed E-state index contributed by atoms with van der Waals surface area (Å²) in [5.74, 6) is 0. The lowest BCUT2D eigenvalue weighted by Crippen LogP contribution is -1.86. The number of allylic oxidation sites excluding steroid dienone is 2. The number of hydrogen-bond donors (Lipinski definition) is 0. The van der Waals surface area contributed by atoms with Gasteiger partial charge in [-0.05, 0) is 48.4 Å². The number of unbranched alkanes of at least 4 members (excludes halogenated alkanes) is 1. The Labute approximate surface area is 123 Å². The second kappa shape index (κ2) is 7.69. The summed E-state index contributed by atoms with van der Waals surface area (Å²) in [6, 6.07) is 17.9. The fourth-order valence-electron chi connectivity index (χ4n) is 2.33. The SMILES string of the molecule is C/C=C/Cc1ccc(-c2ccc(CCCC)cc2)cc1. The number of benzene rings is 2. The molecular weight excluding hydrogens is 240 g/mol. The Morgan fingerprint density at radius 1 is 0.800 bits per heavy atom. The third-order valence-corrected chi connectivity index (χ3v) is 3.65. The standard InChI is InChI=1S/C20H24/c1-3-5-7-17-9-13-19(14-10-17)20-15-11-18(12-16-20)8-6-4-2/h3,5,9-16H,4,6-8H2,1-2H3/b5-3+. The van der Waals surface area contributed by atoms with Crippen LogP contribution in [-0.4, -0.2) is 0 Å². The van der Waals surface area contributed by atoms with Gasteiger partial charge in [0, 0.05) is 0 Å². The molecule has 0 spiro atoms. The van der Waals surface area contributed by atoms with Crippen molar-refractivity contribution in [2.45, 2.75) is 39.5 Å². The van der Waals surface area contributed by atoms with Crippen LogP contribution in [0.1, 0.15) is 37.8 Å². The van der Waals surface area contributed by atoms with Crippen LogP contribution in [0.15, 0.2) is 60.7 Å². The number of rotatable bonds is 6. The van der Waals surface area contributed by atoms with E-state index in [0.717, 1.165) is 6.42 Å². The van der Waals surface area contributed by atoms with Crippen LogP contribution in [0.2, 0.25) is 0 Å². The van der Waals surface area contributed by atoms with Crippen LogP contribution in [0.5, 0.6) is 0 Å². The van der Waals surface area contributed by atoms with E-state index in [1.54, 1.807) is 0 Å². The molecule has 0 radical (unpaired) electrons. The normalized spacial score (nSPS) is 11.1. The molecule has 0 heterocycles. The molecule has 2 aromatic rings. The highest BCUT2D eigenvalue weighted by Crippen LogP contribution is 2.21. The molecule has 0 saturated heterocycles. The first-order valence-corrected chi connectivity index (χ1v) is 7.63. The molecule has 20 heavy (non-hydrogen) atoms. The third kappa shape index (κ3) is 4.09. The summed E-state index contributed by atoms with van der Waals surface area (Å²) in [7, 11) is 0. The summed E-state index contributed by atoms with van der Waals surface area (Å²) >= 11 is 0. The molecule has 2 rings (SSSR count). The Morgan fingerprint density at radius 3 is 1.85 bits per heavy atom. The lowest BCUT2D eigenvalue weighted by molar-refractivity contribution is 0.795. The summed E-state index contributed by atoms with van der Waals surface area (Å²) in [4.78, 5) is 0. The Morgan fingerprint density at radius 2 is 1.35 bits per heavy atom. The van der Waals surface area contributed by atoms with Gasteiger partial charge in [0.1, 0.15) is 0 Å². The average molecular weight is 264 g/mol. The minimum atomic E-state index is 1.02. The van der Waals surface area contributed by atoms with Crippen molar-refractivity contribution in [3.05, 3.63) is 71.8 Å². The largest absolute Gasteiger partial charge is 0.0913 e. The van der Waals surface area contributed by atoms with Crippen LogP contribution in [0.25, 0.3) is 11.1 Å². The first-order valence-electron chi connectivity index (χ1n) is 7.63. The molecule has 0 fully saturated rings. The second-order valence-electron chi connectivity index (χ2n) is 5.27. The van der Waals surface area contributed by atoms with Gasteiger partial charge in [-0.25, -0.2) is 0 Å². The quantitative estimate of drug-likeness (QED) is 0.577. The minimum absolute atomic E-state index is 1.02. The van der Waals surface area contributed by atoms with Crippen LogP contribution >= 0.6 is 0 Å². The van der Waals surface area contributed by atoms with Crippen molar-refractivity contribution < 1.29 is 0 Å². The van der Waals surface area contributed by atoms with Crippen LogP contribution in [0.3, 0.4) is 0 Å². The van der Waals surface area contributed by atoms with Gasteiger partial charge < -0.3 is 0 Å².